The third-order valence-corrected chi connectivity index (χ3v) is 5.73. The molecule has 0 bridgehead atoms. The van der Waals surface area contributed by atoms with Crippen LogP contribution in [-0.2, 0) is 21.4 Å². The van der Waals surface area contributed by atoms with Gasteiger partial charge in [-0.2, -0.15) is 0 Å². The average Bonchev–Trinajstić information content (AvgIpc) is 3.11. The summed E-state index contributed by atoms with van der Waals surface area (Å²) in [5.74, 6) is -2.16. The lowest BCUT2D eigenvalue weighted by Crippen LogP contribution is -2.31. The van der Waals surface area contributed by atoms with Gasteiger partial charge in [0.25, 0.3) is 5.91 Å². The van der Waals surface area contributed by atoms with E-state index in [4.69, 9.17) is 5.11 Å². The number of hydrogen-bond acceptors (Lipinski definition) is 5. The molecule has 2 rings (SSSR count). The second-order valence-electron chi connectivity index (χ2n) is 5.38. The van der Waals surface area contributed by atoms with Crippen molar-refractivity contribution < 1.29 is 23.1 Å². The van der Waals surface area contributed by atoms with E-state index in [0.717, 1.165) is 4.88 Å². The predicted octanol–water partition coefficient (Wildman–Crippen LogP) is 1.68. The number of nitrogens with one attached hydrogen (secondary N) is 2. The third kappa shape index (κ3) is 5.38. The molecular weight excluding hydrogens is 364 g/mol. The minimum absolute atomic E-state index is 0.00339. The molecule has 25 heavy (non-hydrogen) atoms. The SMILES string of the molecule is CC(CNC(=O)c1ccc(S(=O)(=O)NCc2cccs2)cc1)C(=O)O. The number of carboxylic acid groups (broad SMARTS) is 1. The molecule has 0 aliphatic heterocycles. The lowest BCUT2D eigenvalue weighted by atomic mass is 10.1. The van der Waals surface area contributed by atoms with Crippen LogP contribution in [0.3, 0.4) is 0 Å². The van der Waals surface area contributed by atoms with Crippen LogP contribution in [0.4, 0.5) is 0 Å². The van der Waals surface area contributed by atoms with Crippen molar-refractivity contribution in [2.45, 2.75) is 18.4 Å². The van der Waals surface area contributed by atoms with Gasteiger partial charge in [0, 0.05) is 23.5 Å². The van der Waals surface area contributed by atoms with Crippen LogP contribution in [0.25, 0.3) is 0 Å². The van der Waals surface area contributed by atoms with E-state index >= 15 is 0 Å². The molecule has 0 fully saturated rings. The Morgan fingerprint density at radius 1 is 1.20 bits per heavy atom. The van der Waals surface area contributed by atoms with Crippen molar-refractivity contribution in [1.29, 1.82) is 0 Å². The molecule has 1 unspecified atom stereocenters. The maximum absolute atomic E-state index is 12.2. The standard InChI is InChI=1S/C16H18N2O5S2/c1-11(16(20)21)9-17-15(19)12-4-6-14(7-5-12)25(22,23)18-10-13-3-2-8-24-13/h2-8,11,18H,9-10H2,1H3,(H,17,19)(H,20,21). The van der Waals surface area contributed by atoms with E-state index < -0.39 is 27.8 Å². The predicted molar refractivity (Wildman–Crippen MR) is 93.9 cm³/mol. The van der Waals surface area contributed by atoms with Crippen LogP contribution in [0.2, 0.25) is 0 Å². The Balaban J connectivity index is 1.98. The Bertz CT molecular complexity index is 830. The lowest BCUT2D eigenvalue weighted by molar-refractivity contribution is -0.140. The van der Waals surface area contributed by atoms with E-state index in [2.05, 4.69) is 10.0 Å². The summed E-state index contributed by atoms with van der Waals surface area (Å²) in [4.78, 5) is 23.6. The maximum Gasteiger partial charge on any atom is 0.308 e. The van der Waals surface area contributed by atoms with E-state index in [1.807, 2.05) is 17.5 Å². The van der Waals surface area contributed by atoms with Gasteiger partial charge in [-0.05, 0) is 35.7 Å². The van der Waals surface area contributed by atoms with Gasteiger partial charge in [-0.15, -0.1) is 11.3 Å². The highest BCUT2D eigenvalue weighted by Crippen LogP contribution is 2.13. The maximum atomic E-state index is 12.2. The number of amides is 1. The summed E-state index contributed by atoms with van der Waals surface area (Å²) in [5, 5.41) is 13.1. The van der Waals surface area contributed by atoms with Crippen molar-refractivity contribution in [1.82, 2.24) is 10.0 Å². The summed E-state index contributed by atoms with van der Waals surface area (Å²) < 4.78 is 26.9. The van der Waals surface area contributed by atoms with E-state index in [0.29, 0.717) is 0 Å². The molecular formula is C16H18N2O5S2. The van der Waals surface area contributed by atoms with E-state index in [1.54, 1.807) is 0 Å². The fraction of sp³-hybridized carbons (Fsp3) is 0.250. The van der Waals surface area contributed by atoms with Gasteiger partial charge in [0.1, 0.15) is 0 Å². The van der Waals surface area contributed by atoms with Gasteiger partial charge in [0.05, 0.1) is 10.8 Å². The van der Waals surface area contributed by atoms with Crippen LogP contribution in [0, 0.1) is 5.92 Å². The minimum Gasteiger partial charge on any atom is -0.481 e. The number of sulfonamides is 1. The summed E-state index contributed by atoms with van der Waals surface area (Å²) in [6.07, 6.45) is 0. The Labute approximate surface area is 149 Å². The van der Waals surface area contributed by atoms with Crippen LogP contribution in [-0.4, -0.2) is 31.9 Å². The zero-order valence-electron chi connectivity index (χ0n) is 13.4. The molecule has 1 atom stereocenters. The van der Waals surface area contributed by atoms with Gasteiger partial charge >= 0.3 is 5.97 Å². The minimum atomic E-state index is -3.67. The first-order valence-electron chi connectivity index (χ1n) is 7.42. The fourth-order valence-electron chi connectivity index (χ4n) is 1.88. The fourth-order valence-corrected chi connectivity index (χ4v) is 3.63. The van der Waals surface area contributed by atoms with Gasteiger partial charge < -0.3 is 10.4 Å². The molecule has 0 spiro atoms. The van der Waals surface area contributed by atoms with Crippen LogP contribution in [0.15, 0.2) is 46.7 Å². The summed E-state index contributed by atoms with van der Waals surface area (Å²) in [5.41, 5.74) is 0.259. The monoisotopic (exact) mass is 382 g/mol. The highest BCUT2D eigenvalue weighted by Gasteiger charge is 2.16. The first-order valence-corrected chi connectivity index (χ1v) is 9.79. The number of carbonyl (C=O) groups excluding carboxylic acids is 1. The topological polar surface area (TPSA) is 113 Å². The molecule has 1 aromatic heterocycles. The number of benzene rings is 1. The molecule has 3 N–H and O–H groups in total. The van der Waals surface area contributed by atoms with Gasteiger partial charge in [0.15, 0.2) is 0 Å². The summed E-state index contributed by atoms with van der Waals surface area (Å²) in [7, 11) is -3.67. The first-order chi connectivity index (χ1) is 11.8. The molecule has 1 aromatic carbocycles. The van der Waals surface area contributed by atoms with Gasteiger partial charge in [0.2, 0.25) is 10.0 Å². The number of aliphatic carboxylic acids is 1. The van der Waals surface area contributed by atoms with E-state index in [1.165, 1.54) is 42.5 Å². The highest BCUT2D eigenvalue weighted by atomic mass is 32.2. The highest BCUT2D eigenvalue weighted by molar-refractivity contribution is 7.89. The zero-order valence-corrected chi connectivity index (χ0v) is 15.1. The number of carboxylic acids is 1. The molecule has 0 radical (unpaired) electrons. The third-order valence-electron chi connectivity index (χ3n) is 3.43. The first kappa shape index (κ1) is 19.1. The second kappa shape index (κ2) is 8.24. The molecule has 0 aliphatic carbocycles. The van der Waals surface area contributed by atoms with Crippen LogP contribution < -0.4 is 10.0 Å². The molecule has 9 heteroatoms. The number of thiophene rings is 1. The van der Waals surface area contributed by atoms with Crippen molar-refractivity contribution in [3.05, 3.63) is 52.2 Å². The average molecular weight is 382 g/mol. The number of rotatable bonds is 8. The van der Waals surface area contributed by atoms with E-state index in [9.17, 15) is 18.0 Å². The van der Waals surface area contributed by atoms with Gasteiger partial charge in [-0.1, -0.05) is 13.0 Å². The summed E-state index contributed by atoms with van der Waals surface area (Å²) in [6.45, 7) is 1.68. The molecule has 134 valence electrons. The number of hydrogen-bond donors (Lipinski definition) is 3. The quantitative estimate of drug-likeness (QED) is 0.643. The van der Waals surface area contributed by atoms with Crippen molar-refractivity contribution in [2.75, 3.05) is 6.54 Å². The summed E-state index contributed by atoms with van der Waals surface area (Å²) in [6, 6.07) is 9.13. The summed E-state index contributed by atoms with van der Waals surface area (Å²) >= 11 is 1.45. The molecule has 1 amide bonds. The van der Waals surface area contributed by atoms with Crippen LogP contribution in [0.1, 0.15) is 22.2 Å². The number of carbonyl (C=O) groups is 2. The second-order valence-corrected chi connectivity index (χ2v) is 8.18. The Kier molecular flexibility index (Phi) is 6.29. The molecule has 2 aromatic rings. The van der Waals surface area contributed by atoms with Crippen LogP contribution in [0.5, 0.6) is 0 Å². The van der Waals surface area contributed by atoms with Gasteiger partial charge in [-0.25, -0.2) is 13.1 Å². The van der Waals surface area contributed by atoms with Crippen molar-refractivity contribution in [3.8, 4) is 0 Å². The zero-order chi connectivity index (χ0) is 18.4. The largest absolute Gasteiger partial charge is 0.481 e. The Hall–Kier alpha value is -2.23. The lowest BCUT2D eigenvalue weighted by Gasteiger charge is -2.09. The Morgan fingerprint density at radius 3 is 2.44 bits per heavy atom. The van der Waals surface area contributed by atoms with Crippen molar-refractivity contribution >= 4 is 33.2 Å². The Morgan fingerprint density at radius 2 is 1.88 bits per heavy atom. The normalized spacial score (nSPS) is 12.5. The smallest absolute Gasteiger partial charge is 0.308 e. The molecule has 0 saturated carbocycles. The molecule has 7 nitrogen and oxygen atoms in total. The van der Waals surface area contributed by atoms with Crippen LogP contribution >= 0.6 is 11.3 Å². The van der Waals surface area contributed by atoms with Gasteiger partial charge in [-0.3, -0.25) is 9.59 Å². The van der Waals surface area contributed by atoms with E-state index in [-0.39, 0.29) is 23.5 Å². The molecule has 0 saturated heterocycles. The van der Waals surface area contributed by atoms with Crippen molar-refractivity contribution in [2.24, 2.45) is 5.92 Å². The van der Waals surface area contributed by atoms with Crippen molar-refractivity contribution in [3.63, 3.8) is 0 Å². The molecule has 0 aliphatic rings. The molecule has 1 heterocycles.